The Morgan fingerprint density at radius 1 is 1.40 bits per heavy atom. The van der Waals surface area contributed by atoms with Crippen LogP contribution in [0.1, 0.15) is 5.01 Å². The summed E-state index contributed by atoms with van der Waals surface area (Å²) in [5.74, 6) is -0.114. The maximum atomic E-state index is 14.2. The van der Waals surface area contributed by atoms with Crippen LogP contribution in [0.2, 0.25) is 5.02 Å². The number of anilines is 1. The molecular formula is C13H9ClFN3OS. The third kappa shape index (κ3) is 2.07. The summed E-state index contributed by atoms with van der Waals surface area (Å²) in [4.78, 5) is 4.31. The molecule has 0 aliphatic rings. The highest BCUT2D eigenvalue weighted by Gasteiger charge is 2.22. The van der Waals surface area contributed by atoms with Gasteiger partial charge in [0, 0.05) is 10.9 Å². The fourth-order valence-corrected chi connectivity index (χ4v) is 2.67. The molecule has 0 amide bonds. The molecule has 0 aliphatic carbocycles. The molecule has 0 saturated heterocycles. The largest absolute Gasteiger partial charge is 0.380 e. The highest BCUT2D eigenvalue weighted by molar-refractivity contribution is 7.09. The predicted molar refractivity (Wildman–Crippen MR) is 77.2 cm³/mol. The zero-order valence-electron chi connectivity index (χ0n) is 10.4. The van der Waals surface area contributed by atoms with Crippen LogP contribution in [0.15, 0.2) is 28.1 Å². The number of hydrogen-bond donors (Lipinski definition) is 1. The molecule has 0 saturated carbocycles. The van der Waals surface area contributed by atoms with E-state index in [1.165, 1.54) is 17.4 Å². The molecule has 0 fully saturated rings. The number of rotatable bonds is 2. The lowest BCUT2D eigenvalue weighted by Gasteiger charge is -2.04. The average molecular weight is 310 g/mol. The van der Waals surface area contributed by atoms with Gasteiger partial charge in [-0.05, 0) is 13.0 Å². The van der Waals surface area contributed by atoms with E-state index in [1.807, 2.05) is 6.92 Å². The van der Waals surface area contributed by atoms with Crippen LogP contribution in [-0.4, -0.2) is 10.1 Å². The average Bonchev–Trinajstić information content (AvgIpc) is 2.99. The Kier molecular flexibility index (Phi) is 3.19. The summed E-state index contributed by atoms with van der Waals surface area (Å²) >= 11 is 7.27. The fraction of sp³-hybridized carbons (Fsp3) is 0.0769. The van der Waals surface area contributed by atoms with Gasteiger partial charge in [-0.25, -0.2) is 9.37 Å². The van der Waals surface area contributed by atoms with Crippen LogP contribution in [0.5, 0.6) is 0 Å². The summed E-state index contributed by atoms with van der Waals surface area (Å²) in [6.07, 6.45) is 0. The number of aromatic nitrogens is 2. The summed E-state index contributed by atoms with van der Waals surface area (Å²) in [7, 11) is 0. The van der Waals surface area contributed by atoms with E-state index in [0.29, 0.717) is 17.0 Å². The summed E-state index contributed by atoms with van der Waals surface area (Å²) in [6, 6.07) is 4.69. The molecule has 0 bridgehead atoms. The highest BCUT2D eigenvalue weighted by Crippen LogP contribution is 2.39. The molecule has 2 heterocycles. The minimum Gasteiger partial charge on any atom is -0.380 e. The second-order valence-electron chi connectivity index (χ2n) is 4.13. The van der Waals surface area contributed by atoms with Crippen LogP contribution in [0.3, 0.4) is 0 Å². The Labute approximate surface area is 123 Å². The van der Waals surface area contributed by atoms with Gasteiger partial charge in [0.05, 0.1) is 15.6 Å². The van der Waals surface area contributed by atoms with E-state index < -0.39 is 5.82 Å². The van der Waals surface area contributed by atoms with Gasteiger partial charge >= 0.3 is 0 Å². The molecule has 3 aromatic rings. The molecule has 0 aliphatic heterocycles. The van der Waals surface area contributed by atoms with Gasteiger partial charge in [-0.3, -0.25) is 0 Å². The van der Waals surface area contributed by atoms with Gasteiger partial charge in [0.1, 0.15) is 11.5 Å². The molecule has 20 heavy (non-hydrogen) atoms. The van der Waals surface area contributed by atoms with Crippen molar-refractivity contribution in [3.05, 3.63) is 39.4 Å². The van der Waals surface area contributed by atoms with Crippen molar-refractivity contribution in [2.24, 2.45) is 0 Å². The van der Waals surface area contributed by atoms with E-state index in [-0.39, 0.29) is 16.4 Å². The molecule has 7 heteroatoms. The van der Waals surface area contributed by atoms with Crippen molar-refractivity contribution in [2.75, 3.05) is 5.73 Å². The molecule has 0 atom stereocenters. The lowest BCUT2D eigenvalue weighted by molar-refractivity contribution is 0.435. The molecule has 2 N–H and O–H groups in total. The second kappa shape index (κ2) is 4.88. The third-order valence-corrected chi connectivity index (χ3v) is 3.86. The van der Waals surface area contributed by atoms with Crippen LogP contribution >= 0.6 is 22.9 Å². The van der Waals surface area contributed by atoms with Crippen molar-refractivity contribution in [1.29, 1.82) is 0 Å². The van der Waals surface area contributed by atoms with Crippen molar-refractivity contribution in [3.8, 4) is 22.6 Å². The summed E-state index contributed by atoms with van der Waals surface area (Å²) in [6.45, 7) is 1.87. The SMILES string of the molecule is Cc1nc(-c2onc(N)c2-c2cccc(Cl)c2F)cs1. The molecule has 0 spiro atoms. The quantitative estimate of drug-likeness (QED) is 0.772. The number of benzene rings is 1. The van der Waals surface area contributed by atoms with Crippen LogP contribution in [0, 0.1) is 12.7 Å². The van der Waals surface area contributed by atoms with Crippen LogP contribution in [-0.2, 0) is 0 Å². The molecule has 102 valence electrons. The Bertz CT molecular complexity index is 784. The Balaban J connectivity index is 2.24. The molecule has 1 aromatic carbocycles. The van der Waals surface area contributed by atoms with Crippen molar-refractivity contribution in [1.82, 2.24) is 10.1 Å². The van der Waals surface area contributed by atoms with Gasteiger partial charge in [0.2, 0.25) is 0 Å². The highest BCUT2D eigenvalue weighted by atomic mass is 35.5. The number of hydrogen-bond acceptors (Lipinski definition) is 5. The normalized spacial score (nSPS) is 10.9. The fourth-order valence-electron chi connectivity index (χ4n) is 1.90. The first-order valence-electron chi connectivity index (χ1n) is 5.70. The van der Waals surface area contributed by atoms with Crippen LogP contribution in [0.25, 0.3) is 22.6 Å². The number of aryl methyl sites for hydroxylation is 1. The maximum absolute atomic E-state index is 14.2. The van der Waals surface area contributed by atoms with E-state index >= 15 is 0 Å². The summed E-state index contributed by atoms with van der Waals surface area (Å²) in [5.41, 5.74) is 6.99. The molecule has 0 radical (unpaired) electrons. The minimum atomic E-state index is -0.558. The summed E-state index contributed by atoms with van der Waals surface area (Å²) in [5, 5.41) is 6.40. The van der Waals surface area contributed by atoms with Crippen LogP contribution in [0.4, 0.5) is 10.2 Å². The topological polar surface area (TPSA) is 64.9 Å². The minimum absolute atomic E-state index is 0.0171. The van der Waals surface area contributed by atoms with Crippen molar-refractivity contribution in [3.63, 3.8) is 0 Å². The first-order valence-corrected chi connectivity index (χ1v) is 6.95. The smallest absolute Gasteiger partial charge is 0.196 e. The molecular weight excluding hydrogens is 301 g/mol. The molecule has 2 aromatic heterocycles. The first kappa shape index (κ1) is 13.1. The number of thiazole rings is 1. The Morgan fingerprint density at radius 2 is 2.20 bits per heavy atom. The third-order valence-electron chi connectivity index (χ3n) is 2.79. The zero-order valence-corrected chi connectivity index (χ0v) is 11.9. The molecule has 4 nitrogen and oxygen atoms in total. The number of nitrogens with two attached hydrogens (primary N) is 1. The summed E-state index contributed by atoms with van der Waals surface area (Å²) < 4.78 is 19.4. The standard InChI is InChI=1S/C13H9ClFN3OS/c1-6-17-9(5-20-6)12-10(13(16)18-19-12)7-3-2-4-8(14)11(7)15/h2-5H,1H3,(H2,16,18). The van der Waals surface area contributed by atoms with Gasteiger partial charge in [0.25, 0.3) is 0 Å². The van der Waals surface area contributed by atoms with Crippen molar-refractivity contribution >= 4 is 28.8 Å². The van der Waals surface area contributed by atoms with Crippen LogP contribution < -0.4 is 5.73 Å². The van der Waals surface area contributed by atoms with Gasteiger partial charge in [-0.15, -0.1) is 11.3 Å². The number of nitrogen functional groups attached to an aromatic ring is 1. The first-order chi connectivity index (χ1) is 9.58. The van der Waals surface area contributed by atoms with E-state index in [0.717, 1.165) is 5.01 Å². The van der Waals surface area contributed by atoms with Crippen molar-refractivity contribution < 1.29 is 8.91 Å². The number of nitrogens with zero attached hydrogens (tertiary/aromatic N) is 2. The lowest BCUT2D eigenvalue weighted by Crippen LogP contribution is -1.92. The van der Waals surface area contributed by atoms with E-state index in [1.54, 1.807) is 17.5 Å². The van der Waals surface area contributed by atoms with E-state index in [2.05, 4.69) is 10.1 Å². The van der Waals surface area contributed by atoms with Gasteiger partial charge in [-0.2, -0.15) is 0 Å². The predicted octanol–water partition coefficient (Wildman–Crippen LogP) is 4.15. The Morgan fingerprint density at radius 3 is 2.90 bits per heavy atom. The van der Waals surface area contributed by atoms with Crippen molar-refractivity contribution in [2.45, 2.75) is 6.92 Å². The van der Waals surface area contributed by atoms with Gasteiger partial charge < -0.3 is 10.3 Å². The second-order valence-corrected chi connectivity index (χ2v) is 5.59. The zero-order chi connectivity index (χ0) is 14.3. The lowest BCUT2D eigenvalue weighted by atomic mass is 10.0. The van der Waals surface area contributed by atoms with Gasteiger partial charge in [-0.1, -0.05) is 28.9 Å². The Hall–Kier alpha value is -1.92. The molecule has 3 rings (SSSR count). The maximum Gasteiger partial charge on any atom is 0.196 e. The van der Waals surface area contributed by atoms with E-state index in [4.69, 9.17) is 21.9 Å². The van der Waals surface area contributed by atoms with Gasteiger partial charge in [0.15, 0.2) is 11.6 Å². The van der Waals surface area contributed by atoms with E-state index in [9.17, 15) is 4.39 Å². The molecule has 0 unspecified atom stereocenters. The number of halogens is 2. The monoisotopic (exact) mass is 309 g/mol.